The minimum absolute atomic E-state index is 0.0242. The SMILES string of the molecule is O=c1[nH]c(=S)[nH]c(O)c1N=Nc1ccccc1-c1ccccc1. The highest BCUT2D eigenvalue weighted by molar-refractivity contribution is 7.71. The molecule has 0 aliphatic heterocycles. The fourth-order valence-corrected chi connectivity index (χ4v) is 2.28. The number of aromatic nitrogens is 2. The van der Waals surface area contributed by atoms with Crippen LogP contribution >= 0.6 is 12.2 Å². The minimum atomic E-state index is -0.604. The van der Waals surface area contributed by atoms with Crippen molar-refractivity contribution >= 4 is 23.6 Å². The summed E-state index contributed by atoms with van der Waals surface area (Å²) in [5.41, 5.74) is 1.61. The van der Waals surface area contributed by atoms with Crippen molar-refractivity contribution in [1.82, 2.24) is 9.97 Å². The molecule has 0 atom stereocenters. The maximum atomic E-state index is 11.8. The van der Waals surface area contributed by atoms with Gasteiger partial charge in [-0.05, 0) is 23.8 Å². The number of hydrogen-bond acceptors (Lipinski definition) is 5. The van der Waals surface area contributed by atoms with Gasteiger partial charge in [-0.15, -0.1) is 10.2 Å². The molecule has 1 heterocycles. The molecule has 3 rings (SSSR count). The average molecular weight is 324 g/mol. The van der Waals surface area contributed by atoms with Gasteiger partial charge in [0.05, 0.1) is 5.69 Å². The van der Waals surface area contributed by atoms with Gasteiger partial charge in [0, 0.05) is 5.56 Å². The number of azo groups is 1. The third-order valence-electron chi connectivity index (χ3n) is 3.14. The van der Waals surface area contributed by atoms with Gasteiger partial charge >= 0.3 is 0 Å². The van der Waals surface area contributed by atoms with Gasteiger partial charge in [0.25, 0.3) is 5.56 Å². The maximum absolute atomic E-state index is 11.8. The molecule has 3 N–H and O–H groups in total. The van der Waals surface area contributed by atoms with Crippen LogP contribution in [0.2, 0.25) is 0 Å². The van der Waals surface area contributed by atoms with Crippen molar-refractivity contribution in [3.05, 3.63) is 69.7 Å². The fourth-order valence-electron chi connectivity index (χ4n) is 2.09. The van der Waals surface area contributed by atoms with E-state index in [1.165, 1.54) is 0 Å². The first-order valence-electron chi connectivity index (χ1n) is 6.77. The van der Waals surface area contributed by atoms with Gasteiger partial charge in [0.15, 0.2) is 4.77 Å². The van der Waals surface area contributed by atoms with E-state index in [2.05, 4.69) is 20.2 Å². The van der Waals surface area contributed by atoms with Crippen LogP contribution < -0.4 is 5.56 Å². The van der Waals surface area contributed by atoms with E-state index in [0.717, 1.165) is 11.1 Å². The predicted octanol–water partition coefficient (Wildman–Crippen LogP) is 4.22. The van der Waals surface area contributed by atoms with E-state index < -0.39 is 11.4 Å². The average Bonchev–Trinajstić information content (AvgIpc) is 2.55. The molecule has 0 radical (unpaired) electrons. The quantitative estimate of drug-likeness (QED) is 0.497. The summed E-state index contributed by atoms with van der Waals surface area (Å²) in [5.74, 6) is -0.417. The highest BCUT2D eigenvalue weighted by Gasteiger charge is 2.08. The first kappa shape index (κ1) is 14.9. The standard InChI is InChI=1S/C16H12N4O2S/c21-14-13(15(22)18-16(23)17-14)20-19-12-9-5-4-8-11(12)10-6-2-1-3-7-10/h1-9H,(H3,17,18,21,22,23). The van der Waals surface area contributed by atoms with Crippen molar-refractivity contribution < 1.29 is 5.11 Å². The first-order chi connectivity index (χ1) is 11.1. The molecule has 3 aromatic rings. The van der Waals surface area contributed by atoms with Gasteiger partial charge in [-0.2, -0.15) is 0 Å². The fraction of sp³-hybridized carbons (Fsp3) is 0. The zero-order valence-electron chi connectivity index (χ0n) is 11.9. The summed E-state index contributed by atoms with van der Waals surface area (Å²) in [4.78, 5) is 16.6. The van der Waals surface area contributed by atoms with Crippen LogP contribution in [-0.4, -0.2) is 15.1 Å². The lowest BCUT2D eigenvalue weighted by Crippen LogP contribution is -2.06. The van der Waals surface area contributed by atoms with Gasteiger partial charge in [0.2, 0.25) is 11.6 Å². The summed E-state index contributed by atoms with van der Waals surface area (Å²) in [6, 6.07) is 17.1. The number of nitrogens with one attached hydrogen (secondary N) is 2. The van der Waals surface area contributed by atoms with Crippen molar-refractivity contribution in [2.45, 2.75) is 0 Å². The maximum Gasteiger partial charge on any atom is 0.283 e. The van der Waals surface area contributed by atoms with Crippen molar-refractivity contribution in [2.24, 2.45) is 10.2 Å². The highest BCUT2D eigenvalue weighted by Crippen LogP contribution is 2.31. The number of nitrogens with zero attached hydrogens (tertiary/aromatic N) is 2. The third kappa shape index (κ3) is 3.24. The van der Waals surface area contributed by atoms with Crippen LogP contribution in [0.25, 0.3) is 11.1 Å². The Bertz CT molecular complexity index is 977. The summed E-state index contributed by atoms with van der Waals surface area (Å²) >= 11 is 4.77. The van der Waals surface area contributed by atoms with Gasteiger partial charge in [-0.1, -0.05) is 48.5 Å². The van der Waals surface area contributed by atoms with E-state index >= 15 is 0 Å². The van der Waals surface area contributed by atoms with Crippen molar-refractivity contribution in [2.75, 3.05) is 0 Å². The molecular weight excluding hydrogens is 312 g/mol. The third-order valence-corrected chi connectivity index (χ3v) is 3.35. The number of H-pyrrole nitrogens is 2. The molecule has 6 nitrogen and oxygen atoms in total. The molecule has 0 bridgehead atoms. The number of benzene rings is 2. The molecule has 0 saturated heterocycles. The summed E-state index contributed by atoms with van der Waals surface area (Å²) < 4.78 is 0.0242. The van der Waals surface area contributed by atoms with E-state index in [1.807, 2.05) is 48.5 Å². The lowest BCUT2D eigenvalue weighted by molar-refractivity contribution is 0.451. The second-order valence-corrected chi connectivity index (χ2v) is 5.10. The van der Waals surface area contributed by atoms with Crippen molar-refractivity contribution in [1.29, 1.82) is 0 Å². The van der Waals surface area contributed by atoms with E-state index in [9.17, 15) is 9.90 Å². The second kappa shape index (κ2) is 6.37. The molecule has 0 spiro atoms. The van der Waals surface area contributed by atoms with E-state index in [4.69, 9.17) is 12.2 Å². The van der Waals surface area contributed by atoms with Crippen LogP contribution in [-0.2, 0) is 0 Å². The normalized spacial score (nSPS) is 11.0. The Kier molecular flexibility index (Phi) is 4.11. The van der Waals surface area contributed by atoms with Gasteiger partial charge in [-0.3, -0.25) is 9.78 Å². The molecule has 7 heteroatoms. The molecule has 0 amide bonds. The van der Waals surface area contributed by atoms with Crippen molar-refractivity contribution in [3.63, 3.8) is 0 Å². The molecule has 2 aromatic carbocycles. The van der Waals surface area contributed by atoms with Gasteiger partial charge in [0.1, 0.15) is 0 Å². The summed E-state index contributed by atoms with van der Waals surface area (Å²) in [7, 11) is 0. The Morgan fingerprint density at radius 3 is 2.35 bits per heavy atom. The summed E-state index contributed by atoms with van der Waals surface area (Å²) in [6.45, 7) is 0. The minimum Gasteiger partial charge on any atom is -0.493 e. The molecule has 0 fully saturated rings. The summed E-state index contributed by atoms with van der Waals surface area (Å²) in [5, 5.41) is 17.7. The van der Waals surface area contributed by atoms with E-state index in [-0.39, 0.29) is 10.5 Å². The van der Waals surface area contributed by atoms with Crippen LogP contribution in [0.4, 0.5) is 11.4 Å². The van der Waals surface area contributed by atoms with Crippen LogP contribution in [0.5, 0.6) is 5.88 Å². The topological polar surface area (TPSA) is 93.6 Å². The van der Waals surface area contributed by atoms with Crippen LogP contribution in [0.3, 0.4) is 0 Å². The highest BCUT2D eigenvalue weighted by atomic mass is 32.1. The zero-order valence-corrected chi connectivity index (χ0v) is 12.7. The molecule has 0 aliphatic rings. The molecule has 0 saturated carbocycles. The Morgan fingerprint density at radius 1 is 0.913 bits per heavy atom. The van der Waals surface area contributed by atoms with E-state index in [0.29, 0.717) is 5.69 Å². The molecule has 23 heavy (non-hydrogen) atoms. The Labute approximate surface area is 136 Å². The zero-order chi connectivity index (χ0) is 16.2. The first-order valence-corrected chi connectivity index (χ1v) is 7.18. The Morgan fingerprint density at radius 2 is 1.61 bits per heavy atom. The van der Waals surface area contributed by atoms with Gasteiger partial charge < -0.3 is 10.1 Å². The number of aromatic hydroxyl groups is 1. The van der Waals surface area contributed by atoms with Crippen molar-refractivity contribution in [3.8, 4) is 17.0 Å². The molecule has 1 aromatic heterocycles. The summed E-state index contributed by atoms with van der Waals surface area (Å²) in [6.07, 6.45) is 0. The van der Waals surface area contributed by atoms with Gasteiger partial charge in [-0.25, -0.2) is 0 Å². The lowest BCUT2D eigenvalue weighted by atomic mass is 10.0. The van der Waals surface area contributed by atoms with Crippen LogP contribution in [0, 0.1) is 4.77 Å². The number of hydrogen-bond donors (Lipinski definition) is 3. The predicted molar refractivity (Wildman–Crippen MR) is 90.0 cm³/mol. The Balaban J connectivity index is 2.05. The molecule has 0 aliphatic carbocycles. The molecule has 114 valence electrons. The Hall–Kier alpha value is -3.06. The smallest absolute Gasteiger partial charge is 0.283 e. The molecular formula is C16H12N4O2S. The van der Waals surface area contributed by atoms with Crippen LogP contribution in [0.1, 0.15) is 0 Å². The van der Waals surface area contributed by atoms with E-state index in [1.54, 1.807) is 6.07 Å². The largest absolute Gasteiger partial charge is 0.493 e. The van der Waals surface area contributed by atoms with Crippen LogP contribution in [0.15, 0.2) is 69.6 Å². The number of aromatic amines is 2. The second-order valence-electron chi connectivity index (χ2n) is 4.69. The lowest BCUT2D eigenvalue weighted by Gasteiger charge is -2.04. The monoisotopic (exact) mass is 324 g/mol. The number of rotatable bonds is 3. The molecule has 0 unspecified atom stereocenters.